The SMILES string of the molecule is CC1(C)OC2[C@H](O[C@H](C(O)COC3OC(COC(=O)c4ccccc4)C(OC(=O)c4ccccc4)C(OC(=O)c4ccccc4)C3OC(=O)c3ccccc3)[C@H]2OC2OC(COC(=O)c3ccccc3)C(OC(=O)c3ccccc3)C(OC(=O)c3ccccc3)C2OC(=O)c2ccccc2)O1. The van der Waals surface area contributed by atoms with Gasteiger partial charge in [-0.2, -0.15) is 0 Å². The Morgan fingerprint density at radius 3 is 0.950 bits per heavy atom. The van der Waals surface area contributed by atoms with Gasteiger partial charge in [0.1, 0.15) is 49.8 Å². The minimum Gasteiger partial charge on any atom is -0.459 e. The summed E-state index contributed by atoms with van der Waals surface area (Å²) in [6, 6.07) is 62.3. The molecular weight excluding hydrogens is 1310 g/mol. The van der Waals surface area contributed by atoms with E-state index in [9.17, 15) is 43.5 Å². The van der Waals surface area contributed by atoms with Crippen LogP contribution in [0.2, 0.25) is 0 Å². The lowest BCUT2D eigenvalue weighted by Crippen LogP contribution is -2.64. The highest BCUT2D eigenvalue weighted by Gasteiger charge is 2.62. The number of fused-ring (bicyclic) bond motifs is 1. The van der Waals surface area contributed by atoms with E-state index in [-0.39, 0.29) is 44.5 Å². The Balaban J connectivity index is 0.916. The lowest BCUT2D eigenvalue weighted by molar-refractivity contribution is -0.325. The molecule has 0 amide bonds. The first-order chi connectivity index (χ1) is 49.0. The van der Waals surface area contributed by atoms with Crippen LogP contribution in [0.5, 0.6) is 0 Å². The fraction of sp³-hybridized carbons (Fsp3) is 0.273. The molecular formula is C77H68O24. The molecule has 4 saturated heterocycles. The first kappa shape index (κ1) is 70.1. The van der Waals surface area contributed by atoms with E-state index in [0.29, 0.717) is 0 Å². The first-order valence-electron chi connectivity index (χ1n) is 32.3. The summed E-state index contributed by atoms with van der Waals surface area (Å²) in [5.74, 6) is -8.96. The maximum atomic E-state index is 14.6. The highest BCUT2D eigenvalue weighted by Crippen LogP contribution is 2.43. The Bertz CT molecular complexity index is 4120. The summed E-state index contributed by atoms with van der Waals surface area (Å²) in [6.45, 7) is 0.859. The minimum absolute atomic E-state index is 0.00662. The minimum atomic E-state index is -1.97. The molecule has 0 radical (unpaired) electrons. The van der Waals surface area contributed by atoms with E-state index in [1.165, 1.54) is 97.1 Å². The Labute approximate surface area is 578 Å². The molecule has 4 aliphatic heterocycles. The van der Waals surface area contributed by atoms with Crippen molar-refractivity contribution in [3.63, 3.8) is 0 Å². The number of rotatable bonds is 24. The predicted molar refractivity (Wildman–Crippen MR) is 350 cm³/mol. The molecule has 0 spiro atoms. The fourth-order valence-electron chi connectivity index (χ4n) is 11.7. The molecule has 24 heteroatoms. The Morgan fingerprint density at radius 1 is 0.347 bits per heavy atom. The molecule has 4 fully saturated rings. The third-order valence-corrected chi connectivity index (χ3v) is 16.6. The number of carbonyl (C=O) groups is 8. The second kappa shape index (κ2) is 32.5. The second-order valence-corrected chi connectivity index (χ2v) is 24.0. The highest BCUT2D eigenvalue weighted by atomic mass is 16.9. The number of carbonyl (C=O) groups excluding carboxylic acids is 8. The van der Waals surface area contributed by atoms with Crippen molar-refractivity contribution in [3.8, 4) is 0 Å². The van der Waals surface area contributed by atoms with E-state index in [1.807, 2.05) is 0 Å². The third-order valence-electron chi connectivity index (χ3n) is 16.6. The number of ether oxygens (including phenoxy) is 15. The topological polar surface area (TPSA) is 295 Å². The third kappa shape index (κ3) is 17.3. The average molecular weight is 1380 g/mol. The van der Waals surface area contributed by atoms with Crippen LogP contribution in [0.4, 0.5) is 0 Å². The number of hydrogen-bond acceptors (Lipinski definition) is 24. The van der Waals surface area contributed by atoms with Crippen molar-refractivity contribution < 1.29 is 115 Å². The van der Waals surface area contributed by atoms with E-state index in [1.54, 1.807) is 159 Å². The molecule has 8 aromatic rings. The van der Waals surface area contributed by atoms with Crippen LogP contribution in [-0.4, -0.2) is 171 Å². The zero-order valence-electron chi connectivity index (χ0n) is 54.2. The molecule has 101 heavy (non-hydrogen) atoms. The van der Waals surface area contributed by atoms with Gasteiger partial charge in [0.15, 0.2) is 61.3 Å². The van der Waals surface area contributed by atoms with Gasteiger partial charge in [0.2, 0.25) is 0 Å². The standard InChI is InChI=1S/C77H68O24/c1-77(2)100-65-60(99-75-64(97-73(86)53-41-25-10-26-42-53)62(95-71(84)51-37-21-8-22-38-51)59(93-69(82)49-33-17-6-18-34-49)56(91-75)45-88-67(80)47-29-13-4-14-30-47)57(98-76(65)101-77)54(78)43-89-74-63(96-72(85)52-39-23-9-24-40-52)61(94-70(83)50-35-19-7-20-36-50)58(92-68(81)48-31-15-5-16-32-48)55(90-74)44-87-66(79)46-27-11-3-12-28-46/h3-42,54-65,74-76,78H,43-45H2,1-2H3/t54?,55?,56?,57-,58?,59?,60-,61?,62?,63?,64?,65?,74?,75?,76-/m1/s1. The summed E-state index contributed by atoms with van der Waals surface area (Å²) >= 11 is 0. The fourth-order valence-corrected chi connectivity index (χ4v) is 11.7. The normalized spacial score (nSPS) is 25.1. The molecule has 15 atom stereocenters. The molecule has 4 heterocycles. The Hall–Kier alpha value is -10.8. The quantitative estimate of drug-likeness (QED) is 0.0435. The summed E-state index contributed by atoms with van der Waals surface area (Å²) in [5.41, 5.74) is 0.399. The second-order valence-electron chi connectivity index (χ2n) is 24.0. The lowest BCUT2D eigenvalue weighted by Gasteiger charge is -2.45. The molecule has 1 N–H and O–H groups in total. The van der Waals surface area contributed by atoms with Gasteiger partial charge in [-0.05, 0) is 111 Å². The predicted octanol–water partition coefficient (Wildman–Crippen LogP) is 9.14. The van der Waals surface area contributed by atoms with E-state index in [2.05, 4.69) is 0 Å². The molecule has 520 valence electrons. The van der Waals surface area contributed by atoms with E-state index in [0.717, 1.165) is 0 Å². The highest BCUT2D eigenvalue weighted by molar-refractivity contribution is 5.93. The zero-order chi connectivity index (χ0) is 70.4. The van der Waals surface area contributed by atoms with Crippen LogP contribution in [0.3, 0.4) is 0 Å². The van der Waals surface area contributed by atoms with Crippen LogP contribution in [0, 0.1) is 0 Å². The van der Waals surface area contributed by atoms with Crippen LogP contribution < -0.4 is 0 Å². The van der Waals surface area contributed by atoms with Crippen molar-refractivity contribution in [2.24, 2.45) is 0 Å². The molecule has 0 saturated carbocycles. The van der Waals surface area contributed by atoms with Crippen molar-refractivity contribution >= 4 is 47.8 Å². The Morgan fingerprint density at radius 2 is 0.624 bits per heavy atom. The molecule has 12 rings (SSSR count). The van der Waals surface area contributed by atoms with Gasteiger partial charge in [-0.25, -0.2) is 38.4 Å². The molecule has 12 unspecified atom stereocenters. The summed E-state index contributed by atoms with van der Waals surface area (Å²) in [7, 11) is 0. The molecule has 24 nitrogen and oxygen atoms in total. The van der Waals surface area contributed by atoms with Crippen molar-refractivity contribution in [1.82, 2.24) is 0 Å². The van der Waals surface area contributed by atoms with E-state index in [4.69, 9.17) is 71.1 Å². The van der Waals surface area contributed by atoms with Crippen molar-refractivity contribution in [2.45, 2.75) is 112 Å². The number of aliphatic hydroxyl groups is 1. The molecule has 0 bridgehead atoms. The maximum absolute atomic E-state index is 14.6. The first-order valence-corrected chi connectivity index (χ1v) is 32.3. The maximum Gasteiger partial charge on any atom is 0.338 e. The van der Waals surface area contributed by atoms with E-state index >= 15 is 0 Å². The van der Waals surface area contributed by atoms with Crippen LogP contribution in [-0.2, 0) is 71.1 Å². The van der Waals surface area contributed by atoms with Crippen LogP contribution in [0.1, 0.15) is 96.7 Å². The van der Waals surface area contributed by atoms with Gasteiger partial charge in [0.05, 0.1) is 51.1 Å². The van der Waals surface area contributed by atoms with Crippen molar-refractivity contribution in [2.75, 3.05) is 19.8 Å². The summed E-state index contributed by atoms with van der Waals surface area (Å²) in [6.07, 6.45) is -26.1. The molecule has 0 aromatic heterocycles. The van der Waals surface area contributed by atoms with Gasteiger partial charge >= 0.3 is 47.8 Å². The number of esters is 8. The monoisotopic (exact) mass is 1380 g/mol. The van der Waals surface area contributed by atoms with Crippen molar-refractivity contribution in [1.29, 1.82) is 0 Å². The van der Waals surface area contributed by atoms with Gasteiger partial charge in [0, 0.05) is 0 Å². The molecule has 0 aliphatic carbocycles. The van der Waals surface area contributed by atoms with Crippen molar-refractivity contribution in [3.05, 3.63) is 287 Å². The van der Waals surface area contributed by atoms with Crippen LogP contribution >= 0.6 is 0 Å². The molecule has 8 aromatic carbocycles. The van der Waals surface area contributed by atoms with Gasteiger partial charge in [-0.3, -0.25) is 0 Å². The number of benzene rings is 8. The smallest absolute Gasteiger partial charge is 0.338 e. The summed E-state index contributed by atoms with van der Waals surface area (Å²) in [4.78, 5) is 114. The zero-order valence-corrected chi connectivity index (χ0v) is 54.2. The van der Waals surface area contributed by atoms with Gasteiger partial charge in [-0.1, -0.05) is 146 Å². The van der Waals surface area contributed by atoms with Gasteiger partial charge in [-0.15, -0.1) is 0 Å². The van der Waals surface area contributed by atoms with Gasteiger partial charge < -0.3 is 76.2 Å². The van der Waals surface area contributed by atoms with Crippen LogP contribution in [0.15, 0.2) is 243 Å². The summed E-state index contributed by atoms with van der Waals surface area (Å²) in [5, 5.41) is 12.8. The largest absolute Gasteiger partial charge is 0.459 e. The number of hydrogen-bond donors (Lipinski definition) is 1. The number of aliphatic hydroxyl groups excluding tert-OH is 1. The Kier molecular flexibility index (Phi) is 22.5. The average Bonchev–Trinajstić information content (AvgIpc) is 1.70. The van der Waals surface area contributed by atoms with E-state index < -0.39 is 165 Å². The van der Waals surface area contributed by atoms with Crippen LogP contribution in [0.25, 0.3) is 0 Å². The molecule has 4 aliphatic rings. The van der Waals surface area contributed by atoms with Gasteiger partial charge in [0.25, 0.3) is 0 Å². The lowest BCUT2D eigenvalue weighted by atomic mass is 9.97. The summed E-state index contributed by atoms with van der Waals surface area (Å²) < 4.78 is 95.3.